The standard InChI is InChI=1S/C38H54O6/c1-5-7-8-9-10-11-12-13-14-15-16-17-18-19-20-21-22-25-28-43-35(6-2)34(39)30-32(29-31(3)4)38(42)44-36-27-24-23-26-33(36)37(40)41/h7-8,10-11,13-14,16-17,19-20,23-24,26-27,31-32,35H,5-6,9,12,15,18,21-22,25,28-30H2,1-4H3,(H,40,41)/b8-7-,11-10-,14-13-,17-16-,20-19-. The van der Waals surface area contributed by atoms with Crippen LogP contribution in [0.4, 0.5) is 0 Å². The van der Waals surface area contributed by atoms with Crippen LogP contribution in [-0.4, -0.2) is 35.5 Å². The number of carboxylic acids is 1. The average molecular weight is 607 g/mol. The second-order valence-corrected chi connectivity index (χ2v) is 11.2. The molecule has 0 aromatic heterocycles. The van der Waals surface area contributed by atoms with E-state index in [0.717, 1.165) is 51.4 Å². The predicted molar refractivity (Wildman–Crippen MR) is 180 cm³/mol. The van der Waals surface area contributed by atoms with E-state index in [4.69, 9.17) is 9.47 Å². The van der Waals surface area contributed by atoms with Crippen molar-refractivity contribution in [3.05, 3.63) is 90.6 Å². The lowest BCUT2D eigenvalue weighted by Gasteiger charge is -2.21. The van der Waals surface area contributed by atoms with E-state index < -0.39 is 24.0 Å². The zero-order chi connectivity index (χ0) is 32.4. The average Bonchev–Trinajstić information content (AvgIpc) is 2.99. The summed E-state index contributed by atoms with van der Waals surface area (Å²) < 4.78 is 11.4. The number of Topliss-reactive ketones (excluding diaryl/α,β-unsaturated/α-hetero) is 1. The first-order chi connectivity index (χ1) is 21.3. The Hall–Kier alpha value is -3.51. The number of esters is 1. The minimum absolute atomic E-state index is 0.00476. The summed E-state index contributed by atoms with van der Waals surface area (Å²) in [6.45, 7) is 8.48. The fourth-order valence-corrected chi connectivity index (χ4v) is 4.53. The first-order valence-corrected chi connectivity index (χ1v) is 16.2. The van der Waals surface area contributed by atoms with Crippen LogP contribution in [0.3, 0.4) is 0 Å². The number of hydrogen-bond acceptors (Lipinski definition) is 5. The highest BCUT2D eigenvalue weighted by Gasteiger charge is 2.29. The molecule has 0 saturated carbocycles. The Morgan fingerprint density at radius 3 is 1.91 bits per heavy atom. The maximum absolute atomic E-state index is 13.1. The minimum Gasteiger partial charge on any atom is -0.478 e. The third-order valence-corrected chi connectivity index (χ3v) is 6.84. The van der Waals surface area contributed by atoms with Gasteiger partial charge in [-0.1, -0.05) is 101 Å². The van der Waals surface area contributed by atoms with Gasteiger partial charge in [0.15, 0.2) is 5.78 Å². The van der Waals surface area contributed by atoms with Gasteiger partial charge < -0.3 is 14.6 Å². The van der Waals surface area contributed by atoms with Gasteiger partial charge in [0.05, 0.1) is 5.92 Å². The first-order valence-electron chi connectivity index (χ1n) is 16.2. The molecule has 0 aliphatic carbocycles. The quantitative estimate of drug-likeness (QED) is 0.0545. The molecule has 2 unspecified atom stereocenters. The van der Waals surface area contributed by atoms with Crippen LogP contribution in [0.1, 0.15) is 109 Å². The number of carbonyl (C=O) groups excluding carboxylic acids is 2. The van der Waals surface area contributed by atoms with Gasteiger partial charge in [0, 0.05) is 13.0 Å². The van der Waals surface area contributed by atoms with E-state index in [9.17, 15) is 19.5 Å². The van der Waals surface area contributed by atoms with Crippen molar-refractivity contribution in [1.82, 2.24) is 0 Å². The molecule has 44 heavy (non-hydrogen) atoms. The first kappa shape index (κ1) is 38.5. The van der Waals surface area contributed by atoms with Gasteiger partial charge in [-0.3, -0.25) is 9.59 Å². The molecule has 0 bridgehead atoms. The molecule has 1 N–H and O–H groups in total. The van der Waals surface area contributed by atoms with Crippen LogP contribution in [-0.2, 0) is 14.3 Å². The Morgan fingerprint density at radius 1 is 0.795 bits per heavy atom. The van der Waals surface area contributed by atoms with Crippen LogP contribution in [0.25, 0.3) is 0 Å². The van der Waals surface area contributed by atoms with Crippen LogP contribution >= 0.6 is 0 Å². The number of unbranched alkanes of at least 4 members (excludes halogenated alkanes) is 2. The van der Waals surface area contributed by atoms with E-state index in [1.807, 2.05) is 20.8 Å². The molecule has 1 aromatic carbocycles. The molecule has 242 valence electrons. The van der Waals surface area contributed by atoms with Gasteiger partial charge in [0.25, 0.3) is 0 Å². The van der Waals surface area contributed by atoms with Gasteiger partial charge in [-0.05, 0) is 82.3 Å². The van der Waals surface area contributed by atoms with Gasteiger partial charge in [0.1, 0.15) is 17.4 Å². The number of ether oxygens (including phenoxy) is 2. The molecule has 0 radical (unpaired) electrons. The monoisotopic (exact) mass is 606 g/mol. The summed E-state index contributed by atoms with van der Waals surface area (Å²) in [6.07, 6.45) is 30.0. The Balaban J connectivity index is 2.35. The SMILES string of the molecule is CC/C=C\C/C=C\C/C=C\C/C=C\C/C=C\CCCCOC(CC)C(=O)CC(CC(C)C)C(=O)Oc1ccccc1C(=O)O. The van der Waals surface area contributed by atoms with Gasteiger partial charge >= 0.3 is 11.9 Å². The zero-order valence-electron chi connectivity index (χ0n) is 27.3. The molecule has 1 rings (SSSR count). The fourth-order valence-electron chi connectivity index (χ4n) is 4.53. The number of para-hydroxylation sites is 1. The number of ketones is 1. The summed E-state index contributed by atoms with van der Waals surface area (Å²) in [4.78, 5) is 37.5. The van der Waals surface area contributed by atoms with Gasteiger partial charge in [-0.25, -0.2) is 4.79 Å². The van der Waals surface area contributed by atoms with E-state index in [2.05, 4.69) is 67.7 Å². The zero-order valence-corrected chi connectivity index (χ0v) is 27.3. The lowest BCUT2D eigenvalue weighted by Crippen LogP contribution is -2.31. The summed E-state index contributed by atoms with van der Waals surface area (Å²) in [6, 6.07) is 6.02. The summed E-state index contributed by atoms with van der Waals surface area (Å²) in [5, 5.41) is 9.39. The Kier molecular flexibility index (Phi) is 21.8. The maximum Gasteiger partial charge on any atom is 0.339 e. The molecular formula is C38H54O6. The second-order valence-electron chi connectivity index (χ2n) is 11.2. The van der Waals surface area contributed by atoms with Gasteiger partial charge in [-0.15, -0.1) is 0 Å². The van der Waals surface area contributed by atoms with E-state index in [0.29, 0.717) is 19.4 Å². The molecule has 0 saturated heterocycles. The summed E-state index contributed by atoms with van der Waals surface area (Å²) in [7, 11) is 0. The molecule has 0 spiro atoms. The Bertz CT molecular complexity index is 1110. The molecule has 6 heteroatoms. The molecular weight excluding hydrogens is 552 g/mol. The predicted octanol–water partition coefficient (Wildman–Crippen LogP) is 9.63. The van der Waals surface area contributed by atoms with Crippen molar-refractivity contribution in [3.63, 3.8) is 0 Å². The number of benzene rings is 1. The van der Waals surface area contributed by atoms with E-state index in [-0.39, 0.29) is 29.4 Å². The van der Waals surface area contributed by atoms with Crippen LogP contribution < -0.4 is 4.74 Å². The minimum atomic E-state index is -1.18. The maximum atomic E-state index is 13.1. The van der Waals surface area contributed by atoms with Crippen LogP contribution in [0, 0.1) is 11.8 Å². The van der Waals surface area contributed by atoms with Crippen molar-refractivity contribution in [2.75, 3.05) is 6.61 Å². The molecule has 2 atom stereocenters. The molecule has 0 fully saturated rings. The second kappa shape index (κ2) is 24.9. The highest BCUT2D eigenvalue weighted by Crippen LogP contribution is 2.24. The molecule has 0 aliphatic heterocycles. The lowest BCUT2D eigenvalue weighted by molar-refractivity contribution is -0.144. The van der Waals surface area contributed by atoms with E-state index in [1.165, 1.54) is 12.1 Å². The molecule has 0 heterocycles. The highest BCUT2D eigenvalue weighted by molar-refractivity contribution is 5.93. The summed E-state index contributed by atoms with van der Waals surface area (Å²) >= 11 is 0. The topological polar surface area (TPSA) is 89.9 Å². The van der Waals surface area contributed by atoms with Crippen molar-refractivity contribution in [2.45, 2.75) is 104 Å². The number of aromatic carboxylic acids is 1. The van der Waals surface area contributed by atoms with Crippen LogP contribution in [0.2, 0.25) is 0 Å². The Morgan fingerprint density at radius 2 is 1.36 bits per heavy atom. The third kappa shape index (κ3) is 18.2. The normalized spacial score (nSPS) is 13.7. The van der Waals surface area contributed by atoms with Crippen LogP contribution in [0.5, 0.6) is 5.75 Å². The van der Waals surface area contributed by atoms with Crippen molar-refractivity contribution >= 4 is 17.7 Å². The molecule has 0 amide bonds. The highest BCUT2D eigenvalue weighted by atomic mass is 16.5. The van der Waals surface area contributed by atoms with E-state index >= 15 is 0 Å². The third-order valence-electron chi connectivity index (χ3n) is 6.84. The number of rotatable bonds is 24. The lowest BCUT2D eigenvalue weighted by atomic mass is 9.90. The largest absolute Gasteiger partial charge is 0.478 e. The smallest absolute Gasteiger partial charge is 0.339 e. The van der Waals surface area contributed by atoms with Crippen molar-refractivity contribution in [2.24, 2.45) is 11.8 Å². The molecule has 6 nitrogen and oxygen atoms in total. The Labute approximate surface area is 265 Å². The van der Waals surface area contributed by atoms with Gasteiger partial charge in [0.2, 0.25) is 0 Å². The van der Waals surface area contributed by atoms with Gasteiger partial charge in [-0.2, -0.15) is 0 Å². The van der Waals surface area contributed by atoms with Crippen molar-refractivity contribution in [1.29, 1.82) is 0 Å². The summed E-state index contributed by atoms with van der Waals surface area (Å²) in [5.41, 5.74) is -0.0881. The van der Waals surface area contributed by atoms with Crippen molar-refractivity contribution in [3.8, 4) is 5.75 Å². The molecule has 0 aliphatic rings. The number of carboxylic acid groups (broad SMARTS) is 1. The number of carbonyl (C=O) groups is 3. The number of allylic oxidation sites excluding steroid dienone is 10. The molecule has 1 aromatic rings. The fraction of sp³-hybridized carbons (Fsp3) is 0.500. The summed E-state index contributed by atoms with van der Waals surface area (Å²) in [5.74, 6) is -2.41. The van der Waals surface area contributed by atoms with Crippen LogP contribution in [0.15, 0.2) is 85.0 Å². The van der Waals surface area contributed by atoms with E-state index in [1.54, 1.807) is 12.1 Å². The van der Waals surface area contributed by atoms with Crippen molar-refractivity contribution < 1.29 is 29.0 Å². The number of hydrogen-bond donors (Lipinski definition) is 1.